The number of benzene rings is 3. The van der Waals surface area contributed by atoms with Crippen LogP contribution in [0.15, 0.2) is 95.5 Å². The van der Waals surface area contributed by atoms with Crippen molar-refractivity contribution >= 4 is 15.6 Å². The second kappa shape index (κ2) is 7.64. The Bertz CT molecular complexity index is 1040. The van der Waals surface area contributed by atoms with Crippen molar-refractivity contribution in [3.05, 3.63) is 107 Å². The summed E-state index contributed by atoms with van der Waals surface area (Å²) in [5.74, 6) is 0. The number of nitrogens with zero attached hydrogens (tertiary/aromatic N) is 1. The molecule has 4 rings (SSSR count). The smallest absolute Gasteiger partial charge is 0.264 e. The minimum Gasteiger partial charge on any atom is -0.270 e. The molecule has 0 saturated carbocycles. The van der Waals surface area contributed by atoms with Crippen molar-refractivity contribution in [3.63, 3.8) is 0 Å². The van der Waals surface area contributed by atoms with Crippen LogP contribution in [0.5, 0.6) is 0 Å². The summed E-state index contributed by atoms with van der Waals surface area (Å²) < 4.78 is 28.4. The summed E-state index contributed by atoms with van der Waals surface area (Å²) in [5, 5.41) is 0. The van der Waals surface area contributed by atoms with E-state index in [2.05, 4.69) is 0 Å². The number of aryl methyl sites for hydroxylation is 1. The number of hydrogen-bond donors (Lipinski definition) is 0. The van der Waals surface area contributed by atoms with Crippen LogP contribution in [0, 0.1) is 6.92 Å². The van der Waals surface area contributed by atoms with Crippen molar-refractivity contribution < 1.29 is 8.42 Å². The zero-order valence-corrected chi connectivity index (χ0v) is 16.7. The van der Waals surface area contributed by atoms with Crippen LogP contribution in [0.1, 0.15) is 29.5 Å². The van der Waals surface area contributed by atoms with Crippen molar-refractivity contribution in [1.29, 1.82) is 0 Å². The Labute approximate surface area is 167 Å². The van der Waals surface area contributed by atoms with Crippen LogP contribution >= 0.6 is 0 Å². The fourth-order valence-electron chi connectivity index (χ4n) is 3.71. The second-order valence-electron chi connectivity index (χ2n) is 7.05. The van der Waals surface area contributed by atoms with E-state index in [4.69, 9.17) is 0 Å². The van der Waals surface area contributed by atoms with Gasteiger partial charge in [-0.2, -0.15) is 0 Å². The molecule has 0 unspecified atom stereocenters. The van der Waals surface area contributed by atoms with Gasteiger partial charge in [-0.15, -0.1) is 0 Å². The molecule has 0 amide bonds. The maximum absolute atomic E-state index is 13.4. The molecule has 0 bridgehead atoms. The lowest BCUT2D eigenvalue weighted by molar-refractivity contribution is 0.511. The Morgan fingerprint density at radius 3 is 1.86 bits per heavy atom. The third kappa shape index (κ3) is 3.48. The molecular formula is C24H23NO2S. The fraction of sp³-hybridized carbons (Fsp3) is 0.167. The number of sulfonamides is 1. The molecule has 0 atom stereocenters. The van der Waals surface area contributed by atoms with Crippen molar-refractivity contribution in [2.45, 2.75) is 24.7 Å². The number of hydrogen-bond acceptors (Lipinski definition) is 2. The summed E-state index contributed by atoms with van der Waals surface area (Å²) in [5.41, 5.74) is 4.99. The van der Waals surface area contributed by atoms with Crippen LogP contribution in [-0.2, 0) is 10.0 Å². The maximum Gasteiger partial charge on any atom is 0.264 e. The first kappa shape index (κ1) is 18.5. The van der Waals surface area contributed by atoms with Crippen LogP contribution in [0.3, 0.4) is 0 Å². The molecule has 1 saturated heterocycles. The molecule has 3 nitrogen and oxygen atoms in total. The molecule has 28 heavy (non-hydrogen) atoms. The molecule has 0 spiro atoms. The molecule has 0 N–H and O–H groups in total. The Morgan fingerprint density at radius 1 is 0.786 bits per heavy atom. The fourth-order valence-corrected chi connectivity index (χ4v) is 5.29. The van der Waals surface area contributed by atoms with E-state index in [9.17, 15) is 8.42 Å². The number of allylic oxidation sites excluding steroid dienone is 1. The highest BCUT2D eigenvalue weighted by atomic mass is 32.2. The average molecular weight is 390 g/mol. The van der Waals surface area contributed by atoms with E-state index in [0.717, 1.165) is 40.8 Å². The van der Waals surface area contributed by atoms with E-state index in [1.165, 1.54) is 0 Å². The second-order valence-corrected chi connectivity index (χ2v) is 8.91. The first-order chi connectivity index (χ1) is 13.6. The zero-order chi connectivity index (χ0) is 19.6. The van der Waals surface area contributed by atoms with Crippen molar-refractivity contribution in [3.8, 4) is 0 Å². The predicted octanol–water partition coefficient (Wildman–Crippen LogP) is 5.24. The van der Waals surface area contributed by atoms with Gasteiger partial charge in [0, 0.05) is 17.8 Å². The van der Waals surface area contributed by atoms with Crippen LogP contribution in [0.2, 0.25) is 0 Å². The highest BCUT2D eigenvalue weighted by Crippen LogP contribution is 2.37. The Kier molecular flexibility index (Phi) is 5.05. The molecule has 142 valence electrons. The van der Waals surface area contributed by atoms with Gasteiger partial charge in [0.1, 0.15) is 0 Å². The van der Waals surface area contributed by atoms with Crippen LogP contribution in [0.4, 0.5) is 0 Å². The summed E-state index contributed by atoms with van der Waals surface area (Å²) in [6, 6.07) is 27.2. The van der Waals surface area contributed by atoms with Gasteiger partial charge in [-0.25, -0.2) is 8.42 Å². The molecule has 1 fully saturated rings. The summed E-state index contributed by atoms with van der Waals surface area (Å²) in [4.78, 5) is 0.345. The quantitative estimate of drug-likeness (QED) is 0.612. The van der Waals surface area contributed by atoms with Gasteiger partial charge in [0.15, 0.2) is 0 Å². The van der Waals surface area contributed by atoms with Crippen molar-refractivity contribution in [2.75, 3.05) is 6.54 Å². The predicted molar refractivity (Wildman–Crippen MR) is 113 cm³/mol. The van der Waals surface area contributed by atoms with Gasteiger partial charge in [0.25, 0.3) is 10.0 Å². The van der Waals surface area contributed by atoms with E-state index < -0.39 is 10.0 Å². The molecule has 4 heteroatoms. The van der Waals surface area contributed by atoms with Crippen LogP contribution < -0.4 is 0 Å². The Morgan fingerprint density at radius 2 is 1.32 bits per heavy atom. The molecule has 1 aliphatic heterocycles. The lowest BCUT2D eigenvalue weighted by atomic mass is 9.95. The first-order valence-corrected chi connectivity index (χ1v) is 10.9. The van der Waals surface area contributed by atoms with E-state index in [1.807, 2.05) is 79.7 Å². The number of rotatable bonds is 4. The third-order valence-corrected chi connectivity index (χ3v) is 6.95. The Hall–Kier alpha value is -2.85. The lowest BCUT2D eigenvalue weighted by Crippen LogP contribution is -2.27. The molecule has 0 aromatic heterocycles. The van der Waals surface area contributed by atoms with Gasteiger partial charge >= 0.3 is 0 Å². The van der Waals surface area contributed by atoms with E-state index in [-0.39, 0.29) is 0 Å². The third-order valence-electron chi connectivity index (χ3n) is 5.10. The summed E-state index contributed by atoms with van der Waals surface area (Å²) in [7, 11) is -3.59. The highest BCUT2D eigenvalue weighted by Gasteiger charge is 2.32. The average Bonchev–Trinajstić information content (AvgIpc) is 3.20. The largest absolute Gasteiger partial charge is 0.270 e. The molecular weight excluding hydrogens is 366 g/mol. The monoisotopic (exact) mass is 389 g/mol. The SMILES string of the molecule is Cc1ccc(S(=O)(=O)N2CCCC2=C(c2ccccc2)c2ccccc2)cc1. The summed E-state index contributed by atoms with van der Waals surface area (Å²) >= 11 is 0. The molecule has 1 heterocycles. The standard InChI is InChI=1S/C24H23NO2S/c1-19-14-16-22(17-15-19)28(26,27)25-18-8-13-23(25)24(20-9-4-2-5-10-20)21-11-6-3-7-12-21/h2-7,9-12,14-17H,8,13,18H2,1H3. The maximum atomic E-state index is 13.4. The van der Waals surface area contributed by atoms with Crippen LogP contribution in [-0.4, -0.2) is 19.3 Å². The topological polar surface area (TPSA) is 37.4 Å². The van der Waals surface area contributed by atoms with Crippen molar-refractivity contribution in [2.24, 2.45) is 0 Å². The van der Waals surface area contributed by atoms with E-state index in [0.29, 0.717) is 11.4 Å². The van der Waals surface area contributed by atoms with Gasteiger partial charge in [0.05, 0.1) is 4.90 Å². The van der Waals surface area contributed by atoms with Gasteiger partial charge in [-0.05, 0) is 43.0 Å². The first-order valence-electron chi connectivity index (χ1n) is 9.51. The van der Waals surface area contributed by atoms with Crippen molar-refractivity contribution in [1.82, 2.24) is 4.31 Å². The highest BCUT2D eigenvalue weighted by molar-refractivity contribution is 7.89. The zero-order valence-electron chi connectivity index (χ0n) is 15.9. The van der Waals surface area contributed by atoms with Gasteiger partial charge < -0.3 is 0 Å². The molecule has 3 aromatic rings. The lowest BCUT2D eigenvalue weighted by Gasteiger charge is -2.24. The molecule has 3 aromatic carbocycles. The molecule has 0 radical (unpaired) electrons. The van der Waals surface area contributed by atoms with Gasteiger partial charge in [-0.3, -0.25) is 4.31 Å². The van der Waals surface area contributed by atoms with Gasteiger partial charge in [-0.1, -0.05) is 78.4 Å². The molecule has 0 aliphatic carbocycles. The summed E-state index contributed by atoms with van der Waals surface area (Å²) in [6.07, 6.45) is 1.56. The normalized spacial score (nSPS) is 14.3. The van der Waals surface area contributed by atoms with E-state index >= 15 is 0 Å². The van der Waals surface area contributed by atoms with Gasteiger partial charge in [0.2, 0.25) is 0 Å². The minimum absolute atomic E-state index is 0.345. The molecule has 1 aliphatic rings. The summed E-state index contributed by atoms with van der Waals surface area (Å²) in [6.45, 7) is 2.47. The Balaban J connectivity index is 1.89. The van der Waals surface area contributed by atoms with Crippen LogP contribution in [0.25, 0.3) is 5.57 Å². The van der Waals surface area contributed by atoms with E-state index in [1.54, 1.807) is 16.4 Å². The minimum atomic E-state index is -3.59.